The molecule has 7 heteroatoms. The molecule has 1 amide bonds. The third kappa shape index (κ3) is 3.47. The Bertz CT molecular complexity index is 1180. The molecule has 0 bridgehead atoms. The third-order valence-electron chi connectivity index (χ3n) is 4.11. The lowest BCUT2D eigenvalue weighted by molar-refractivity contribution is 0.0948. The molecule has 0 aliphatic rings. The topological polar surface area (TPSA) is 77.1 Å². The molecule has 0 atom stereocenters. The Hall–Kier alpha value is -3.38. The van der Waals surface area contributed by atoms with Crippen molar-refractivity contribution >= 4 is 28.4 Å². The van der Waals surface area contributed by atoms with Gasteiger partial charge in [0, 0.05) is 10.6 Å². The first-order valence-corrected chi connectivity index (χ1v) is 8.57. The van der Waals surface area contributed by atoms with E-state index in [0.717, 1.165) is 0 Å². The molecule has 2 heterocycles. The summed E-state index contributed by atoms with van der Waals surface area (Å²) >= 11 is 6.00. The zero-order chi connectivity index (χ0) is 18.8. The van der Waals surface area contributed by atoms with Crippen molar-refractivity contribution in [2.24, 2.45) is 0 Å². The van der Waals surface area contributed by atoms with Gasteiger partial charge in [0.15, 0.2) is 0 Å². The number of carbonyl (C=O) groups is 1. The maximum absolute atomic E-state index is 12.8. The molecule has 0 radical (unpaired) electrons. The molecule has 4 rings (SSSR count). The molecule has 4 aromatic rings. The fourth-order valence-electron chi connectivity index (χ4n) is 2.76. The highest BCUT2D eigenvalue weighted by molar-refractivity contribution is 6.30. The summed E-state index contributed by atoms with van der Waals surface area (Å²) in [5.41, 5.74) is 1.26. The van der Waals surface area contributed by atoms with E-state index >= 15 is 0 Å². The van der Waals surface area contributed by atoms with Crippen molar-refractivity contribution in [3.05, 3.63) is 93.9 Å². The van der Waals surface area contributed by atoms with Crippen LogP contribution in [-0.4, -0.2) is 15.5 Å². The molecule has 0 spiro atoms. The molecule has 0 aliphatic carbocycles. The van der Waals surface area contributed by atoms with Gasteiger partial charge in [0.25, 0.3) is 11.5 Å². The first-order chi connectivity index (χ1) is 13.1. The van der Waals surface area contributed by atoms with E-state index in [4.69, 9.17) is 16.0 Å². The SMILES string of the molecule is O=C(NCc1ccco1)c1ccc2c(=O)n(-c3cccc(Cl)c3)cnc2c1. The normalized spacial score (nSPS) is 10.9. The minimum atomic E-state index is -0.269. The number of benzene rings is 2. The van der Waals surface area contributed by atoms with Crippen LogP contribution in [0.15, 0.2) is 76.4 Å². The first-order valence-electron chi connectivity index (χ1n) is 8.20. The summed E-state index contributed by atoms with van der Waals surface area (Å²) in [6.45, 7) is 0.285. The van der Waals surface area contributed by atoms with Gasteiger partial charge in [0.2, 0.25) is 0 Å². The van der Waals surface area contributed by atoms with E-state index in [9.17, 15) is 9.59 Å². The highest BCUT2D eigenvalue weighted by Gasteiger charge is 2.11. The van der Waals surface area contributed by atoms with Crippen molar-refractivity contribution in [3.8, 4) is 5.69 Å². The number of nitrogens with one attached hydrogen (secondary N) is 1. The van der Waals surface area contributed by atoms with Crippen LogP contribution in [0.25, 0.3) is 16.6 Å². The number of rotatable bonds is 4. The zero-order valence-electron chi connectivity index (χ0n) is 14.1. The predicted molar refractivity (Wildman–Crippen MR) is 102 cm³/mol. The quantitative estimate of drug-likeness (QED) is 0.588. The summed E-state index contributed by atoms with van der Waals surface area (Å²) in [6, 6.07) is 15.3. The number of nitrogens with zero attached hydrogens (tertiary/aromatic N) is 2. The van der Waals surface area contributed by atoms with E-state index in [1.54, 1.807) is 60.9 Å². The van der Waals surface area contributed by atoms with E-state index in [0.29, 0.717) is 32.9 Å². The van der Waals surface area contributed by atoms with Crippen molar-refractivity contribution in [3.63, 3.8) is 0 Å². The second-order valence-corrected chi connectivity index (χ2v) is 6.33. The smallest absolute Gasteiger partial charge is 0.265 e. The minimum absolute atomic E-state index is 0.232. The molecular formula is C20H14ClN3O3. The van der Waals surface area contributed by atoms with Crippen LogP contribution in [0.1, 0.15) is 16.1 Å². The molecule has 27 heavy (non-hydrogen) atoms. The highest BCUT2D eigenvalue weighted by atomic mass is 35.5. The number of hydrogen-bond acceptors (Lipinski definition) is 4. The van der Waals surface area contributed by atoms with Crippen molar-refractivity contribution in [1.82, 2.24) is 14.9 Å². The van der Waals surface area contributed by atoms with Crippen LogP contribution in [0.3, 0.4) is 0 Å². The highest BCUT2D eigenvalue weighted by Crippen LogP contribution is 2.15. The average molecular weight is 380 g/mol. The van der Waals surface area contributed by atoms with Crippen molar-refractivity contribution in [2.75, 3.05) is 0 Å². The van der Waals surface area contributed by atoms with Gasteiger partial charge < -0.3 is 9.73 Å². The molecule has 2 aromatic heterocycles. The molecule has 0 unspecified atom stereocenters. The van der Waals surface area contributed by atoms with Crippen LogP contribution < -0.4 is 10.9 Å². The Morgan fingerprint density at radius 3 is 2.81 bits per heavy atom. The van der Waals surface area contributed by atoms with Gasteiger partial charge in [0.05, 0.1) is 29.4 Å². The van der Waals surface area contributed by atoms with Crippen LogP contribution in [-0.2, 0) is 6.54 Å². The Balaban J connectivity index is 1.64. The number of fused-ring (bicyclic) bond motifs is 1. The number of aromatic nitrogens is 2. The summed E-state index contributed by atoms with van der Waals surface area (Å²) in [4.78, 5) is 29.4. The second kappa shape index (κ2) is 7.09. The Morgan fingerprint density at radius 2 is 2.04 bits per heavy atom. The lowest BCUT2D eigenvalue weighted by atomic mass is 10.1. The number of halogens is 1. The van der Waals surface area contributed by atoms with E-state index in [1.807, 2.05) is 0 Å². The molecule has 6 nitrogen and oxygen atoms in total. The molecule has 0 saturated heterocycles. The molecule has 134 valence electrons. The van der Waals surface area contributed by atoms with Crippen molar-refractivity contribution in [1.29, 1.82) is 0 Å². The average Bonchev–Trinajstić information content (AvgIpc) is 3.20. The van der Waals surface area contributed by atoms with E-state index in [2.05, 4.69) is 10.3 Å². The molecule has 2 aromatic carbocycles. The van der Waals surface area contributed by atoms with E-state index in [-0.39, 0.29) is 18.0 Å². The van der Waals surface area contributed by atoms with Crippen LogP contribution >= 0.6 is 11.6 Å². The standard InChI is InChI=1S/C20H14ClN3O3/c21-14-3-1-4-15(10-14)24-12-23-18-9-13(6-7-17(18)20(24)26)19(25)22-11-16-5-2-8-27-16/h1-10,12H,11H2,(H,22,25). The number of furan rings is 1. The van der Waals surface area contributed by atoms with Crippen molar-refractivity contribution in [2.45, 2.75) is 6.54 Å². The monoisotopic (exact) mass is 379 g/mol. The number of carbonyl (C=O) groups excluding carboxylic acids is 1. The lowest BCUT2D eigenvalue weighted by Gasteiger charge is -2.08. The van der Waals surface area contributed by atoms with Gasteiger partial charge in [-0.3, -0.25) is 14.2 Å². The van der Waals surface area contributed by atoms with Gasteiger partial charge in [-0.05, 0) is 48.5 Å². The molecule has 0 saturated carbocycles. The van der Waals surface area contributed by atoms with E-state index < -0.39 is 0 Å². The van der Waals surface area contributed by atoms with E-state index in [1.165, 1.54) is 10.9 Å². The molecule has 0 aliphatic heterocycles. The maximum atomic E-state index is 12.8. The van der Waals surface area contributed by atoms with Gasteiger partial charge in [-0.1, -0.05) is 17.7 Å². The van der Waals surface area contributed by atoms with Gasteiger partial charge in [-0.25, -0.2) is 4.98 Å². The van der Waals surface area contributed by atoms with Gasteiger partial charge in [-0.15, -0.1) is 0 Å². The summed E-state index contributed by atoms with van der Waals surface area (Å²) in [6.07, 6.45) is 2.98. The largest absolute Gasteiger partial charge is 0.467 e. The van der Waals surface area contributed by atoms with Crippen LogP contribution in [0.5, 0.6) is 0 Å². The fourth-order valence-corrected chi connectivity index (χ4v) is 2.94. The maximum Gasteiger partial charge on any atom is 0.265 e. The minimum Gasteiger partial charge on any atom is -0.467 e. The first kappa shape index (κ1) is 17.1. The molecule has 0 fully saturated rings. The Morgan fingerprint density at radius 1 is 1.15 bits per heavy atom. The lowest BCUT2D eigenvalue weighted by Crippen LogP contribution is -2.23. The Labute approximate surface area is 159 Å². The van der Waals surface area contributed by atoms with Crippen LogP contribution in [0, 0.1) is 0 Å². The second-order valence-electron chi connectivity index (χ2n) is 5.89. The summed E-state index contributed by atoms with van der Waals surface area (Å²) in [5, 5.41) is 3.71. The van der Waals surface area contributed by atoms with Crippen LogP contribution in [0.4, 0.5) is 0 Å². The number of hydrogen-bond donors (Lipinski definition) is 1. The Kier molecular flexibility index (Phi) is 4.48. The third-order valence-corrected chi connectivity index (χ3v) is 4.35. The van der Waals surface area contributed by atoms with Gasteiger partial charge >= 0.3 is 0 Å². The van der Waals surface area contributed by atoms with Crippen LogP contribution in [0.2, 0.25) is 5.02 Å². The zero-order valence-corrected chi connectivity index (χ0v) is 14.8. The summed E-state index contributed by atoms with van der Waals surface area (Å²) in [5.74, 6) is 0.390. The van der Waals surface area contributed by atoms with Gasteiger partial charge in [0.1, 0.15) is 12.1 Å². The molecule has 1 N–H and O–H groups in total. The predicted octanol–water partition coefficient (Wildman–Crippen LogP) is 3.56. The fraction of sp³-hybridized carbons (Fsp3) is 0.0500. The summed E-state index contributed by atoms with van der Waals surface area (Å²) < 4.78 is 6.61. The molecular weight excluding hydrogens is 366 g/mol. The number of amides is 1. The van der Waals surface area contributed by atoms with Crippen molar-refractivity contribution < 1.29 is 9.21 Å². The summed E-state index contributed by atoms with van der Waals surface area (Å²) in [7, 11) is 0. The van der Waals surface area contributed by atoms with Gasteiger partial charge in [-0.2, -0.15) is 0 Å².